The van der Waals surface area contributed by atoms with Gasteiger partial charge in [-0.1, -0.05) is 12.0 Å². The maximum Gasteiger partial charge on any atom is 0.320 e. The number of hydrogen-bond acceptors (Lipinski definition) is 7. The van der Waals surface area contributed by atoms with Crippen molar-refractivity contribution in [1.82, 2.24) is 19.9 Å². The molecule has 2 amide bonds. The molecule has 0 aliphatic carbocycles. The van der Waals surface area contributed by atoms with Crippen LogP contribution in [0.15, 0.2) is 30.5 Å². The normalized spacial score (nSPS) is 12.1. The van der Waals surface area contributed by atoms with Gasteiger partial charge in [0.05, 0.1) is 18.4 Å². The Bertz CT molecular complexity index is 1100. The van der Waals surface area contributed by atoms with Gasteiger partial charge in [-0.25, -0.2) is 9.78 Å². The van der Waals surface area contributed by atoms with Crippen molar-refractivity contribution in [3.05, 3.63) is 30.5 Å². The number of anilines is 4. The Hall–Kier alpha value is -4.13. The number of terminal acetylenes is 1. The highest BCUT2D eigenvalue weighted by Crippen LogP contribution is 2.38. The molecule has 10 heteroatoms. The fourth-order valence-corrected chi connectivity index (χ4v) is 2.90. The highest BCUT2D eigenvalue weighted by atomic mass is 16.6. The Kier molecular flexibility index (Phi) is 4.94. The van der Waals surface area contributed by atoms with Gasteiger partial charge in [-0.3, -0.25) is 0 Å². The van der Waals surface area contributed by atoms with Gasteiger partial charge in [0.25, 0.3) is 0 Å². The molecule has 0 radical (unpaired) electrons. The molecular formula is C19H19N7O3. The van der Waals surface area contributed by atoms with E-state index in [0.717, 1.165) is 5.69 Å². The predicted octanol–water partition coefficient (Wildman–Crippen LogP) is 2.04. The van der Waals surface area contributed by atoms with E-state index in [-0.39, 0.29) is 6.54 Å². The number of hydrogen-bond donors (Lipinski definition) is 4. The number of aromatic nitrogens is 3. The topological polar surface area (TPSA) is 114 Å². The first-order valence-electron chi connectivity index (χ1n) is 8.90. The zero-order valence-corrected chi connectivity index (χ0v) is 15.7. The molecule has 1 aromatic carbocycles. The van der Waals surface area contributed by atoms with Gasteiger partial charge in [-0.05, 0) is 12.1 Å². The zero-order chi connectivity index (χ0) is 20.2. The number of para-hydroxylation sites is 1. The molecule has 0 fully saturated rings. The average molecular weight is 393 g/mol. The number of nitrogens with zero attached hydrogens (tertiary/aromatic N) is 3. The summed E-state index contributed by atoms with van der Waals surface area (Å²) in [6, 6.07) is 6.96. The Morgan fingerprint density at radius 1 is 1.31 bits per heavy atom. The first-order valence-corrected chi connectivity index (χ1v) is 8.90. The van der Waals surface area contributed by atoms with Crippen LogP contribution in [0.1, 0.15) is 0 Å². The second kappa shape index (κ2) is 7.85. The lowest BCUT2D eigenvalue weighted by atomic mass is 10.2. The van der Waals surface area contributed by atoms with Crippen molar-refractivity contribution in [2.45, 2.75) is 0 Å². The molecule has 1 aliphatic rings. The van der Waals surface area contributed by atoms with Gasteiger partial charge in [0.2, 0.25) is 0 Å². The van der Waals surface area contributed by atoms with E-state index in [1.54, 1.807) is 17.6 Å². The van der Waals surface area contributed by atoms with Gasteiger partial charge in [-0.2, -0.15) is 9.61 Å². The molecule has 0 saturated carbocycles. The fraction of sp³-hybridized carbons (Fsp3) is 0.211. The van der Waals surface area contributed by atoms with E-state index in [9.17, 15) is 4.79 Å². The number of amides is 2. The number of urea groups is 1. The van der Waals surface area contributed by atoms with Crippen molar-refractivity contribution in [2.24, 2.45) is 0 Å². The van der Waals surface area contributed by atoms with E-state index in [1.165, 1.54) is 6.20 Å². The number of rotatable bonds is 5. The molecule has 10 nitrogen and oxygen atoms in total. The standard InChI is InChI=1S/C19H19N7O3/c1-3-7-21-19(27)24-13-11-22-26-16(20-2)10-15(25-18(13)26)23-12-5-4-6-14-17(12)29-9-8-28-14/h1,4-6,10-11,20H,7-9H2,2H3,(H,23,25)(H2,21,24,27). The molecule has 148 valence electrons. The van der Waals surface area contributed by atoms with Crippen LogP contribution in [0.4, 0.5) is 27.8 Å². The molecule has 4 N–H and O–H groups in total. The SMILES string of the molecule is C#CCNC(=O)Nc1cnn2c(NC)cc(Nc3cccc4c3OCCO4)nc12. The van der Waals surface area contributed by atoms with Gasteiger partial charge < -0.3 is 30.7 Å². The third-order valence-electron chi connectivity index (χ3n) is 4.16. The number of fused-ring (bicyclic) bond motifs is 2. The minimum atomic E-state index is -0.438. The predicted molar refractivity (Wildman–Crippen MR) is 109 cm³/mol. The molecule has 0 saturated heterocycles. The molecule has 3 aromatic rings. The molecule has 0 spiro atoms. The first-order chi connectivity index (χ1) is 14.2. The van der Waals surface area contributed by atoms with Crippen molar-refractivity contribution in [3.8, 4) is 23.8 Å². The highest BCUT2D eigenvalue weighted by molar-refractivity contribution is 5.93. The van der Waals surface area contributed by atoms with Gasteiger partial charge in [0.1, 0.15) is 30.5 Å². The lowest BCUT2D eigenvalue weighted by Crippen LogP contribution is -2.28. The summed E-state index contributed by atoms with van der Waals surface area (Å²) < 4.78 is 12.9. The maximum absolute atomic E-state index is 12.0. The molecule has 3 heterocycles. The summed E-state index contributed by atoms with van der Waals surface area (Å²) in [5, 5.41) is 15.8. The van der Waals surface area contributed by atoms with E-state index in [1.807, 2.05) is 18.2 Å². The summed E-state index contributed by atoms with van der Waals surface area (Å²) in [6.07, 6.45) is 6.68. The van der Waals surface area contributed by atoms with Crippen LogP contribution in [0.5, 0.6) is 11.5 Å². The average Bonchev–Trinajstić information content (AvgIpc) is 3.14. The van der Waals surface area contributed by atoms with Crippen LogP contribution in [0.2, 0.25) is 0 Å². The Labute approximate surface area is 166 Å². The Morgan fingerprint density at radius 2 is 2.17 bits per heavy atom. The highest BCUT2D eigenvalue weighted by Gasteiger charge is 2.18. The number of carbonyl (C=O) groups excluding carboxylic acids is 1. The summed E-state index contributed by atoms with van der Waals surface area (Å²) in [5.74, 6) is 4.87. The summed E-state index contributed by atoms with van der Waals surface area (Å²) in [5.41, 5.74) is 1.62. The summed E-state index contributed by atoms with van der Waals surface area (Å²) in [4.78, 5) is 16.6. The minimum Gasteiger partial charge on any atom is -0.486 e. The zero-order valence-electron chi connectivity index (χ0n) is 15.7. The lowest BCUT2D eigenvalue weighted by Gasteiger charge is -2.21. The van der Waals surface area contributed by atoms with Gasteiger partial charge >= 0.3 is 6.03 Å². The largest absolute Gasteiger partial charge is 0.486 e. The molecule has 0 unspecified atom stereocenters. The quantitative estimate of drug-likeness (QED) is 0.491. The Balaban J connectivity index is 1.68. The monoisotopic (exact) mass is 393 g/mol. The van der Waals surface area contributed by atoms with Crippen molar-refractivity contribution in [3.63, 3.8) is 0 Å². The lowest BCUT2D eigenvalue weighted by molar-refractivity contribution is 0.172. The van der Waals surface area contributed by atoms with Crippen molar-refractivity contribution in [1.29, 1.82) is 0 Å². The maximum atomic E-state index is 12.0. The number of carbonyl (C=O) groups is 1. The second-order valence-corrected chi connectivity index (χ2v) is 6.04. The number of nitrogens with one attached hydrogen (secondary N) is 4. The molecule has 0 bridgehead atoms. The van der Waals surface area contributed by atoms with Crippen molar-refractivity contribution < 1.29 is 14.3 Å². The molecule has 1 aliphatic heterocycles. The molecule has 0 atom stereocenters. The first kappa shape index (κ1) is 18.2. The fourth-order valence-electron chi connectivity index (χ4n) is 2.90. The van der Waals surface area contributed by atoms with E-state index >= 15 is 0 Å². The van der Waals surface area contributed by atoms with E-state index < -0.39 is 6.03 Å². The van der Waals surface area contributed by atoms with Crippen molar-refractivity contribution >= 4 is 34.7 Å². The van der Waals surface area contributed by atoms with E-state index in [2.05, 4.69) is 37.3 Å². The van der Waals surface area contributed by atoms with E-state index in [0.29, 0.717) is 47.7 Å². The Morgan fingerprint density at radius 3 is 3.00 bits per heavy atom. The van der Waals surface area contributed by atoms with Crippen LogP contribution in [-0.4, -0.2) is 47.4 Å². The summed E-state index contributed by atoms with van der Waals surface area (Å²) >= 11 is 0. The van der Waals surface area contributed by atoms with Crippen LogP contribution >= 0.6 is 0 Å². The van der Waals surface area contributed by atoms with Crippen molar-refractivity contribution in [2.75, 3.05) is 42.8 Å². The van der Waals surface area contributed by atoms with Gasteiger partial charge in [-0.15, -0.1) is 6.42 Å². The van der Waals surface area contributed by atoms with Crippen LogP contribution in [0.3, 0.4) is 0 Å². The van der Waals surface area contributed by atoms with Gasteiger partial charge in [0.15, 0.2) is 17.1 Å². The molecular weight excluding hydrogens is 374 g/mol. The molecule has 2 aromatic heterocycles. The molecule has 29 heavy (non-hydrogen) atoms. The third kappa shape index (κ3) is 3.66. The smallest absolute Gasteiger partial charge is 0.320 e. The van der Waals surface area contributed by atoms with Crippen LogP contribution in [0, 0.1) is 12.3 Å². The van der Waals surface area contributed by atoms with Crippen LogP contribution in [-0.2, 0) is 0 Å². The minimum absolute atomic E-state index is 0.119. The van der Waals surface area contributed by atoms with Crippen LogP contribution < -0.4 is 30.7 Å². The van der Waals surface area contributed by atoms with Crippen LogP contribution in [0.25, 0.3) is 5.65 Å². The van der Waals surface area contributed by atoms with E-state index in [4.69, 9.17) is 15.9 Å². The second-order valence-electron chi connectivity index (χ2n) is 6.04. The number of ether oxygens (including phenoxy) is 2. The third-order valence-corrected chi connectivity index (χ3v) is 4.16. The summed E-state index contributed by atoms with van der Waals surface area (Å²) in [6.45, 7) is 1.11. The van der Waals surface area contributed by atoms with Gasteiger partial charge in [0, 0.05) is 13.1 Å². The molecule has 4 rings (SSSR count). The number of benzene rings is 1. The summed E-state index contributed by atoms with van der Waals surface area (Å²) in [7, 11) is 1.77.